The smallest absolute Gasteiger partial charge is 0.223 e. The summed E-state index contributed by atoms with van der Waals surface area (Å²) < 4.78 is 14.0. The largest absolute Gasteiger partial charge is 0.246 e. The van der Waals surface area contributed by atoms with Gasteiger partial charge in [0, 0.05) is 5.39 Å². The Hall–Kier alpha value is -2.07. The number of nitrogens with zero attached hydrogens (tertiary/aromatic N) is 3. The summed E-state index contributed by atoms with van der Waals surface area (Å²) in [4.78, 5) is 12.2. The number of aryl methyl sites for hydroxylation is 1. The average molecular weight is 316 g/mol. The molecule has 2 heterocycles. The second-order valence-electron chi connectivity index (χ2n) is 5.56. The third-order valence-electron chi connectivity index (χ3n) is 3.65. The lowest BCUT2D eigenvalue weighted by Crippen LogP contribution is -2.00. The van der Waals surface area contributed by atoms with Crippen molar-refractivity contribution in [2.45, 2.75) is 26.7 Å². The van der Waals surface area contributed by atoms with Crippen LogP contribution in [0.1, 0.15) is 30.9 Å². The zero-order chi connectivity index (χ0) is 15.9. The second-order valence-corrected chi connectivity index (χ2v) is 5.89. The highest BCUT2D eigenvalue weighted by molar-refractivity contribution is 6.28. The molecule has 0 fully saturated rings. The third-order valence-corrected chi connectivity index (χ3v) is 3.83. The Morgan fingerprint density at radius 2 is 1.95 bits per heavy atom. The fourth-order valence-electron chi connectivity index (χ4n) is 2.60. The van der Waals surface area contributed by atoms with Gasteiger partial charge in [-0.15, -0.1) is 0 Å². The number of benzene rings is 1. The van der Waals surface area contributed by atoms with E-state index in [1.807, 2.05) is 18.2 Å². The van der Waals surface area contributed by atoms with E-state index in [0.29, 0.717) is 5.69 Å². The van der Waals surface area contributed by atoms with Gasteiger partial charge in [-0.2, -0.15) is 0 Å². The predicted octanol–water partition coefficient (Wildman–Crippen LogP) is 4.92. The molecule has 0 radical (unpaired) electrons. The maximum Gasteiger partial charge on any atom is 0.223 e. The summed E-state index contributed by atoms with van der Waals surface area (Å²) >= 11 is 5.80. The summed E-state index contributed by atoms with van der Waals surface area (Å²) in [5.41, 5.74) is 3.71. The molecule has 0 aliphatic carbocycles. The quantitative estimate of drug-likeness (QED) is 0.630. The molecule has 3 nitrogen and oxygen atoms in total. The zero-order valence-corrected chi connectivity index (χ0v) is 13.3. The molecule has 0 atom stereocenters. The molecule has 0 saturated carbocycles. The molecule has 22 heavy (non-hydrogen) atoms. The van der Waals surface area contributed by atoms with Crippen LogP contribution >= 0.6 is 11.6 Å². The fraction of sp³-hybridized carbons (Fsp3) is 0.235. The SMILES string of the molecule is Cc1cccc2nc(-c3nc(Cl)ncc3F)cc(C(C)C)c12. The van der Waals surface area contributed by atoms with Crippen LogP contribution < -0.4 is 0 Å². The highest BCUT2D eigenvalue weighted by Gasteiger charge is 2.16. The molecule has 0 saturated heterocycles. The molecule has 0 unspecified atom stereocenters. The highest BCUT2D eigenvalue weighted by atomic mass is 35.5. The van der Waals surface area contributed by atoms with Crippen molar-refractivity contribution in [3.8, 4) is 11.4 Å². The summed E-state index contributed by atoms with van der Waals surface area (Å²) in [5.74, 6) is -0.246. The number of halogens is 2. The van der Waals surface area contributed by atoms with Crippen LogP contribution in [0.5, 0.6) is 0 Å². The van der Waals surface area contributed by atoms with Crippen LogP contribution in [-0.2, 0) is 0 Å². The lowest BCUT2D eigenvalue weighted by molar-refractivity contribution is 0.617. The van der Waals surface area contributed by atoms with Gasteiger partial charge in [0.2, 0.25) is 5.28 Å². The summed E-state index contributed by atoms with van der Waals surface area (Å²) in [6, 6.07) is 7.82. The van der Waals surface area contributed by atoms with Crippen LogP contribution in [-0.4, -0.2) is 15.0 Å². The number of rotatable bonds is 2. The number of fused-ring (bicyclic) bond motifs is 1. The second kappa shape index (κ2) is 5.61. The van der Waals surface area contributed by atoms with Gasteiger partial charge in [0.25, 0.3) is 0 Å². The topological polar surface area (TPSA) is 38.7 Å². The molecule has 5 heteroatoms. The van der Waals surface area contributed by atoms with Crippen LogP contribution in [0.3, 0.4) is 0 Å². The van der Waals surface area contributed by atoms with Crippen molar-refractivity contribution in [2.75, 3.05) is 0 Å². The molecule has 0 spiro atoms. The van der Waals surface area contributed by atoms with Crippen LogP contribution in [0.4, 0.5) is 4.39 Å². The maximum atomic E-state index is 14.0. The summed E-state index contributed by atoms with van der Waals surface area (Å²) in [7, 11) is 0. The molecule has 1 aromatic carbocycles. The molecule has 112 valence electrons. The van der Waals surface area contributed by atoms with Gasteiger partial charge in [-0.05, 0) is 47.7 Å². The van der Waals surface area contributed by atoms with Gasteiger partial charge in [0.1, 0.15) is 5.69 Å². The van der Waals surface area contributed by atoms with Crippen LogP contribution in [0.15, 0.2) is 30.5 Å². The van der Waals surface area contributed by atoms with Crippen molar-refractivity contribution in [1.29, 1.82) is 0 Å². The first-order valence-corrected chi connectivity index (χ1v) is 7.44. The van der Waals surface area contributed by atoms with E-state index >= 15 is 0 Å². The van der Waals surface area contributed by atoms with E-state index in [0.717, 1.165) is 28.2 Å². The monoisotopic (exact) mass is 315 g/mol. The van der Waals surface area contributed by atoms with Crippen molar-refractivity contribution in [2.24, 2.45) is 0 Å². The molecule has 0 aliphatic rings. The first-order chi connectivity index (χ1) is 10.5. The number of hydrogen-bond acceptors (Lipinski definition) is 3. The van der Waals surface area contributed by atoms with Crippen molar-refractivity contribution < 1.29 is 4.39 Å². The fourth-order valence-corrected chi connectivity index (χ4v) is 2.74. The minimum absolute atomic E-state index is 0.00800. The molecule has 0 aliphatic heterocycles. The van der Waals surface area contributed by atoms with E-state index in [1.54, 1.807) is 0 Å². The van der Waals surface area contributed by atoms with Gasteiger partial charge >= 0.3 is 0 Å². The van der Waals surface area contributed by atoms with Crippen molar-refractivity contribution in [3.63, 3.8) is 0 Å². The van der Waals surface area contributed by atoms with Crippen molar-refractivity contribution in [1.82, 2.24) is 15.0 Å². The Labute approximate surface area is 133 Å². The molecule has 3 aromatic rings. The highest BCUT2D eigenvalue weighted by Crippen LogP contribution is 2.31. The normalized spacial score (nSPS) is 11.4. The van der Waals surface area contributed by atoms with E-state index in [1.165, 1.54) is 0 Å². The summed E-state index contributed by atoms with van der Waals surface area (Å²) in [6.45, 7) is 6.26. The Morgan fingerprint density at radius 3 is 2.68 bits per heavy atom. The minimum atomic E-state index is -0.529. The number of aromatic nitrogens is 3. The van der Waals surface area contributed by atoms with E-state index in [4.69, 9.17) is 11.6 Å². The van der Waals surface area contributed by atoms with Crippen LogP contribution in [0, 0.1) is 12.7 Å². The Balaban J connectivity index is 2.35. The first-order valence-electron chi connectivity index (χ1n) is 7.06. The van der Waals surface area contributed by atoms with E-state index in [2.05, 4.69) is 41.8 Å². The molecule has 0 amide bonds. The zero-order valence-electron chi connectivity index (χ0n) is 12.6. The molecular weight excluding hydrogens is 301 g/mol. The van der Waals surface area contributed by atoms with Gasteiger partial charge in [0.15, 0.2) is 5.82 Å². The minimum Gasteiger partial charge on any atom is -0.246 e. The number of pyridine rings is 1. The van der Waals surface area contributed by atoms with Gasteiger partial charge < -0.3 is 0 Å². The van der Waals surface area contributed by atoms with Crippen LogP contribution in [0.25, 0.3) is 22.3 Å². The van der Waals surface area contributed by atoms with Crippen molar-refractivity contribution >= 4 is 22.5 Å². The van der Waals surface area contributed by atoms with E-state index in [-0.39, 0.29) is 16.9 Å². The molecule has 0 bridgehead atoms. The standard InChI is InChI=1S/C17H15ClFN3/c1-9(2)11-7-14(16-12(19)8-20-17(18)22-16)21-13-6-4-5-10(3)15(11)13/h4-9H,1-3H3. The Bertz CT molecular complexity index is 862. The predicted molar refractivity (Wildman–Crippen MR) is 86.6 cm³/mol. The summed E-state index contributed by atoms with van der Waals surface area (Å²) in [6.07, 6.45) is 1.07. The lowest BCUT2D eigenvalue weighted by atomic mass is 9.94. The maximum absolute atomic E-state index is 14.0. The molecule has 2 aromatic heterocycles. The molecular formula is C17H15ClFN3. The van der Waals surface area contributed by atoms with Gasteiger partial charge in [-0.1, -0.05) is 26.0 Å². The van der Waals surface area contributed by atoms with E-state index < -0.39 is 5.82 Å². The molecule has 3 rings (SSSR count). The first kappa shape index (κ1) is 14.9. The Morgan fingerprint density at radius 1 is 1.18 bits per heavy atom. The number of hydrogen-bond donors (Lipinski definition) is 0. The van der Waals surface area contributed by atoms with Gasteiger partial charge in [0.05, 0.1) is 17.4 Å². The van der Waals surface area contributed by atoms with Gasteiger partial charge in [-0.3, -0.25) is 0 Å². The summed E-state index contributed by atoms with van der Waals surface area (Å²) in [5, 5.41) is 1.12. The van der Waals surface area contributed by atoms with E-state index in [9.17, 15) is 4.39 Å². The third kappa shape index (κ3) is 2.55. The van der Waals surface area contributed by atoms with Gasteiger partial charge in [-0.25, -0.2) is 19.3 Å². The Kier molecular flexibility index (Phi) is 3.79. The lowest BCUT2D eigenvalue weighted by Gasteiger charge is -2.14. The average Bonchev–Trinajstić information content (AvgIpc) is 2.48. The van der Waals surface area contributed by atoms with Crippen LogP contribution in [0.2, 0.25) is 5.28 Å². The van der Waals surface area contributed by atoms with Crippen molar-refractivity contribution in [3.05, 3.63) is 52.7 Å². The molecule has 0 N–H and O–H groups in total.